The van der Waals surface area contributed by atoms with E-state index < -0.39 is 44.0 Å². The van der Waals surface area contributed by atoms with Gasteiger partial charge in [-0.25, -0.2) is 22.0 Å². The van der Waals surface area contributed by atoms with E-state index in [9.17, 15) is 26.8 Å². The molecular formula is C19H18F2N2O6S. The van der Waals surface area contributed by atoms with Gasteiger partial charge in [0.25, 0.3) is 15.9 Å². The lowest BCUT2D eigenvalue weighted by Gasteiger charge is -2.27. The first-order valence-corrected chi connectivity index (χ1v) is 10.3. The van der Waals surface area contributed by atoms with Crippen LogP contribution in [0.4, 0.5) is 14.5 Å². The van der Waals surface area contributed by atoms with E-state index in [1.54, 1.807) is 6.07 Å². The first-order valence-electron chi connectivity index (χ1n) is 8.81. The summed E-state index contributed by atoms with van der Waals surface area (Å²) in [4.78, 5) is 25.0. The van der Waals surface area contributed by atoms with Crippen LogP contribution in [0, 0.1) is 11.6 Å². The number of anilines is 1. The van der Waals surface area contributed by atoms with Crippen LogP contribution in [0.1, 0.15) is 20.7 Å². The van der Waals surface area contributed by atoms with Crippen molar-refractivity contribution in [2.24, 2.45) is 0 Å². The molecule has 0 bridgehead atoms. The highest BCUT2D eigenvalue weighted by atomic mass is 32.2. The van der Waals surface area contributed by atoms with Gasteiger partial charge >= 0.3 is 5.97 Å². The molecular weight excluding hydrogens is 422 g/mol. The van der Waals surface area contributed by atoms with E-state index in [4.69, 9.17) is 4.74 Å². The van der Waals surface area contributed by atoms with Crippen molar-refractivity contribution in [1.82, 2.24) is 4.90 Å². The van der Waals surface area contributed by atoms with E-state index in [1.165, 1.54) is 23.1 Å². The Balaban J connectivity index is 1.97. The number of carbonyl (C=O) groups excluding carboxylic acids is 2. The molecule has 0 saturated carbocycles. The smallest absolute Gasteiger partial charge is 0.343 e. The molecule has 1 heterocycles. The van der Waals surface area contributed by atoms with Crippen molar-refractivity contribution in [3.05, 3.63) is 59.2 Å². The summed E-state index contributed by atoms with van der Waals surface area (Å²) in [6.07, 6.45) is 0. The number of nitrogens with one attached hydrogen (secondary N) is 1. The number of methoxy groups -OCH3 is 1. The van der Waals surface area contributed by atoms with Crippen molar-refractivity contribution in [3.63, 3.8) is 0 Å². The second kappa shape index (κ2) is 8.76. The summed E-state index contributed by atoms with van der Waals surface area (Å²) >= 11 is 0. The zero-order valence-corrected chi connectivity index (χ0v) is 16.7. The fourth-order valence-electron chi connectivity index (χ4n) is 2.93. The molecule has 1 N–H and O–H groups in total. The number of esters is 1. The SMILES string of the molecule is COC(=O)c1c(F)ccc(S(=O)(=O)Nc2ccccc2C(=O)N2CCOCC2)c1F. The Morgan fingerprint density at radius 3 is 2.43 bits per heavy atom. The van der Waals surface area contributed by atoms with Crippen LogP contribution in [-0.2, 0) is 19.5 Å². The molecule has 3 rings (SSSR count). The number of benzene rings is 2. The molecule has 0 atom stereocenters. The maximum atomic E-state index is 14.7. The van der Waals surface area contributed by atoms with E-state index >= 15 is 0 Å². The number of nitrogens with zero attached hydrogens (tertiary/aromatic N) is 1. The normalized spacial score (nSPS) is 14.3. The van der Waals surface area contributed by atoms with Crippen LogP contribution in [0.15, 0.2) is 41.3 Å². The van der Waals surface area contributed by atoms with Crippen molar-refractivity contribution in [1.29, 1.82) is 0 Å². The zero-order valence-electron chi connectivity index (χ0n) is 15.9. The number of hydrogen-bond donors (Lipinski definition) is 1. The molecule has 160 valence electrons. The Kier molecular flexibility index (Phi) is 6.32. The molecule has 0 unspecified atom stereocenters. The van der Waals surface area contributed by atoms with Gasteiger partial charge in [0.1, 0.15) is 16.3 Å². The van der Waals surface area contributed by atoms with Crippen LogP contribution in [-0.4, -0.2) is 58.6 Å². The van der Waals surface area contributed by atoms with E-state index in [-0.39, 0.29) is 11.3 Å². The summed E-state index contributed by atoms with van der Waals surface area (Å²) in [5, 5.41) is 0. The Labute approximate surface area is 171 Å². The molecule has 2 aromatic carbocycles. The number of hydrogen-bond acceptors (Lipinski definition) is 6. The third-order valence-corrected chi connectivity index (χ3v) is 5.82. The molecule has 1 aliphatic heterocycles. The van der Waals surface area contributed by atoms with Gasteiger partial charge in [-0.05, 0) is 24.3 Å². The molecule has 0 aliphatic carbocycles. The predicted molar refractivity (Wildman–Crippen MR) is 102 cm³/mol. The quantitative estimate of drug-likeness (QED) is 0.714. The average Bonchev–Trinajstić information content (AvgIpc) is 2.73. The van der Waals surface area contributed by atoms with E-state index in [2.05, 4.69) is 9.46 Å². The van der Waals surface area contributed by atoms with E-state index in [0.29, 0.717) is 38.4 Å². The minimum Gasteiger partial charge on any atom is -0.465 e. The Hall–Kier alpha value is -3.05. The number of amides is 1. The number of para-hydroxylation sites is 1. The van der Waals surface area contributed by atoms with Gasteiger partial charge in [0.2, 0.25) is 0 Å². The molecule has 2 aromatic rings. The maximum Gasteiger partial charge on any atom is 0.343 e. The minimum absolute atomic E-state index is 0.0543. The lowest BCUT2D eigenvalue weighted by atomic mass is 10.1. The maximum absolute atomic E-state index is 14.7. The van der Waals surface area contributed by atoms with Gasteiger partial charge in [0, 0.05) is 13.1 Å². The summed E-state index contributed by atoms with van der Waals surface area (Å²) in [6.45, 7) is 1.40. The van der Waals surface area contributed by atoms with Gasteiger partial charge in [0.15, 0.2) is 5.82 Å². The topological polar surface area (TPSA) is 102 Å². The van der Waals surface area contributed by atoms with Gasteiger partial charge < -0.3 is 14.4 Å². The lowest BCUT2D eigenvalue weighted by molar-refractivity contribution is 0.0303. The largest absolute Gasteiger partial charge is 0.465 e. The van der Waals surface area contributed by atoms with Crippen LogP contribution < -0.4 is 4.72 Å². The van der Waals surface area contributed by atoms with Crippen molar-refractivity contribution >= 4 is 27.6 Å². The molecule has 0 spiro atoms. The summed E-state index contributed by atoms with van der Waals surface area (Å²) in [7, 11) is -3.70. The van der Waals surface area contributed by atoms with Gasteiger partial charge in [-0.2, -0.15) is 0 Å². The molecule has 0 aromatic heterocycles. The van der Waals surface area contributed by atoms with Crippen LogP contribution in [0.5, 0.6) is 0 Å². The zero-order chi connectivity index (χ0) is 21.9. The first kappa shape index (κ1) is 21.7. The number of halogens is 2. The van der Waals surface area contributed by atoms with Crippen LogP contribution in [0.3, 0.4) is 0 Å². The van der Waals surface area contributed by atoms with Gasteiger partial charge in [-0.15, -0.1) is 0 Å². The molecule has 1 aliphatic rings. The Bertz CT molecular complexity index is 1080. The summed E-state index contributed by atoms with van der Waals surface area (Å²) in [5.74, 6) is -4.64. The third-order valence-electron chi connectivity index (χ3n) is 4.43. The molecule has 1 amide bonds. The standard InChI is InChI=1S/C19H18F2N2O6S/c1-28-19(25)16-13(20)6-7-15(17(16)21)30(26,27)22-14-5-3-2-4-12(14)18(24)23-8-10-29-11-9-23/h2-7,22H,8-11H2,1H3. The summed E-state index contributed by atoms with van der Waals surface area (Å²) < 4.78 is 65.7. The first-order chi connectivity index (χ1) is 14.3. The second-order valence-corrected chi connectivity index (χ2v) is 7.93. The third kappa shape index (κ3) is 4.26. The molecule has 1 fully saturated rings. The predicted octanol–water partition coefficient (Wildman–Crippen LogP) is 2.02. The Morgan fingerprint density at radius 2 is 1.77 bits per heavy atom. The van der Waals surface area contributed by atoms with Crippen molar-refractivity contribution in [2.45, 2.75) is 4.90 Å². The van der Waals surface area contributed by atoms with Crippen molar-refractivity contribution < 1.29 is 36.3 Å². The highest BCUT2D eigenvalue weighted by molar-refractivity contribution is 7.92. The number of carbonyl (C=O) groups is 2. The van der Waals surface area contributed by atoms with Gasteiger partial charge in [-0.1, -0.05) is 12.1 Å². The fourth-order valence-corrected chi connectivity index (χ4v) is 4.09. The number of ether oxygens (including phenoxy) is 2. The van der Waals surface area contributed by atoms with Gasteiger partial charge in [0.05, 0.1) is 31.6 Å². The summed E-state index contributed by atoms with van der Waals surface area (Å²) in [5.41, 5.74) is -1.16. The second-order valence-electron chi connectivity index (χ2n) is 6.28. The van der Waals surface area contributed by atoms with Crippen LogP contribution in [0.2, 0.25) is 0 Å². The molecule has 8 nitrogen and oxygen atoms in total. The van der Waals surface area contributed by atoms with E-state index in [1.807, 2.05) is 0 Å². The molecule has 30 heavy (non-hydrogen) atoms. The van der Waals surface area contributed by atoms with E-state index in [0.717, 1.165) is 7.11 Å². The van der Waals surface area contributed by atoms with Crippen molar-refractivity contribution in [2.75, 3.05) is 38.1 Å². The van der Waals surface area contributed by atoms with Crippen LogP contribution >= 0.6 is 0 Å². The Morgan fingerprint density at radius 1 is 1.10 bits per heavy atom. The highest BCUT2D eigenvalue weighted by Gasteiger charge is 2.29. The van der Waals surface area contributed by atoms with Crippen LogP contribution in [0.25, 0.3) is 0 Å². The summed E-state index contributed by atoms with van der Waals surface area (Å²) in [6, 6.07) is 7.15. The minimum atomic E-state index is -4.61. The number of sulfonamides is 1. The van der Waals surface area contributed by atoms with Gasteiger partial charge in [-0.3, -0.25) is 9.52 Å². The fraction of sp³-hybridized carbons (Fsp3) is 0.263. The molecule has 1 saturated heterocycles. The number of rotatable bonds is 5. The highest BCUT2D eigenvalue weighted by Crippen LogP contribution is 2.26. The molecule has 0 radical (unpaired) electrons. The lowest BCUT2D eigenvalue weighted by Crippen LogP contribution is -2.41. The molecule has 11 heteroatoms. The monoisotopic (exact) mass is 440 g/mol. The number of morpholine rings is 1. The van der Waals surface area contributed by atoms with Crippen molar-refractivity contribution in [3.8, 4) is 0 Å². The average molecular weight is 440 g/mol.